The first-order chi connectivity index (χ1) is 12.3. The van der Waals surface area contributed by atoms with Crippen LogP contribution >= 0.6 is 0 Å². The van der Waals surface area contributed by atoms with Crippen LogP contribution in [0.25, 0.3) is 0 Å². The molecule has 3 rings (SSSR count). The number of alkyl halides is 1. The first kappa shape index (κ1) is 19.7. The lowest BCUT2D eigenvalue weighted by atomic mass is 9.65. The first-order valence-corrected chi connectivity index (χ1v) is 11.9. The lowest BCUT2D eigenvalue weighted by Gasteiger charge is -2.41. The molecule has 0 aliphatic heterocycles. The van der Waals surface area contributed by atoms with E-state index in [4.69, 9.17) is 0 Å². The molecule has 0 nitrogen and oxygen atoms in total. The van der Waals surface area contributed by atoms with Gasteiger partial charge in [-0.1, -0.05) is 45.4 Å². The van der Waals surface area contributed by atoms with Crippen LogP contribution < -0.4 is 0 Å². The summed E-state index contributed by atoms with van der Waals surface area (Å²) < 4.78 is 12.8. The molecular formula is C24H43F. The molecule has 0 radical (unpaired) electrons. The van der Waals surface area contributed by atoms with Gasteiger partial charge >= 0.3 is 0 Å². The van der Waals surface area contributed by atoms with E-state index >= 15 is 0 Å². The fourth-order valence-electron chi connectivity index (χ4n) is 6.53. The van der Waals surface area contributed by atoms with Crippen LogP contribution in [0.4, 0.5) is 4.39 Å². The van der Waals surface area contributed by atoms with E-state index in [-0.39, 0.29) is 6.67 Å². The Morgan fingerprint density at radius 3 is 1.36 bits per heavy atom. The normalized spacial score (nSPS) is 40.1. The van der Waals surface area contributed by atoms with Crippen LogP contribution in [0, 0.1) is 35.5 Å². The molecule has 0 aromatic carbocycles. The summed E-state index contributed by atoms with van der Waals surface area (Å²) in [6, 6.07) is 0. The maximum atomic E-state index is 12.8. The van der Waals surface area contributed by atoms with Gasteiger partial charge in [-0.15, -0.1) is 0 Å². The second kappa shape index (κ2) is 10.3. The molecule has 1 heteroatoms. The SMILES string of the molecule is CCCCCC1CCC(C2CCC(C3CCC(CF)CC3)CC2)CC1. The maximum absolute atomic E-state index is 12.8. The van der Waals surface area contributed by atoms with Crippen LogP contribution in [0.1, 0.15) is 110 Å². The van der Waals surface area contributed by atoms with Gasteiger partial charge in [0.25, 0.3) is 0 Å². The van der Waals surface area contributed by atoms with Gasteiger partial charge in [-0.05, 0) is 99.7 Å². The van der Waals surface area contributed by atoms with Crippen molar-refractivity contribution in [1.82, 2.24) is 0 Å². The van der Waals surface area contributed by atoms with Gasteiger partial charge in [0.05, 0.1) is 6.67 Å². The molecule has 0 saturated heterocycles. The van der Waals surface area contributed by atoms with Crippen LogP contribution in [0.3, 0.4) is 0 Å². The highest BCUT2D eigenvalue weighted by Crippen LogP contribution is 2.46. The molecule has 3 aliphatic carbocycles. The van der Waals surface area contributed by atoms with Gasteiger partial charge in [0, 0.05) is 0 Å². The summed E-state index contributed by atoms with van der Waals surface area (Å²) in [5.41, 5.74) is 0. The van der Waals surface area contributed by atoms with Crippen molar-refractivity contribution < 1.29 is 4.39 Å². The van der Waals surface area contributed by atoms with Crippen LogP contribution in [0.2, 0.25) is 0 Å². The van der Waals surface area contributed by atoms with Crippen LogP contribution in [-0.4, -0.2) is 6.67 Å². The molecule has 0 spiro atoms. The maximum Gasteiger partial charge on any atom is 0.0922 e. The van der Waals surface area contributed by atoms with Gasteiger partial charge < -0.3 is 0 Å². The summed E-state index contributed by atoms with van der Waals surface area (Å²) in [6.45, 7) is 2.25. The van der Waals surface area contributed by atoms with Crippen molar-refractivity contribution in [3.8, 4) is 0 Å². The minimum atomic E-state index is -0.0689. The van der Waals surface area contributed by atoms with E-state index in [2.05, 4.69) is 6.92 Å². The molecule has 3 fully saturated rings. The van der Waals surface area contributed by atoms with Crippen LogP contribution in [0.15, 0.2) is 0 Å². The van der Waals surface area contributed by atoms with Gasteiger partial charge in [0.1, 0.15) is 0 Å². The molecule has 0 N–H and O–H groups in total. The fraction of sp³-hybridized carbons (Fsp3) is 1.00. The molecule has 146 valence electrons. The van der Waals surface area contributed by atoms with Crippen molar-refractivity contribution in [2.45, 2.75) is 110 Å². The molecular weight excluding hydrogens is 307 g/mol. The summed E-state index contributed by atoms with van der Waals surface area (Å²) in [6.07, 6.45) is 22.9. The Morgan fingerprint density at radius 2 is 0.960 bits per heavy atom. The van der Waals surface area contributed by atoms with Crippen LogP contribution in [0.5, 0.6) is 0 Å². The third kappa shape index (κ3) is 5.70. The smallest absolute Gasteiger partial charge is 0.0922 e. The Balaban J connectivity index is 1.33. The molecule has 0 heterocycles. The van der Waals surface area contributed by atoms with Gasteiger partial charge in [-0.3, -0.25) is 4.39 Å². The fourth-order valence-corrected chi connectivity index (χ4v) is 6.53. The lowest BCUT2D eigenvalue weighted by molar-refractivity contribution is 0.0999. The number of unbranched alkanes of at least 4 members (excludes halogenated alkanes) is 2. The second-order valence-corrected chi connectivity index (χ2v) is 9.89. The zero-order valence-electron chi connectivity index (χ0n) is 16.9. The second-order valence-electron chi connectivity index (χ2n) is 9.89. The summed E-state index contributed by atoms with van der Waals surface area (Å²) in [5, 5.41) is 0. The zero-order valence-corrected chi connectivity index (χ0v) is 16.9. The summed E-state index contributed by atoms with van der Waals surface area (Å²) in [7, 11) is 0. The molecule has 25 heavy (non-hydrogen) atoms. The van der Waals surface area contributed by atoms with Gasteiger partial charge in [-0.25, -0.2) is 0 Å². The van der Waals surface area contributed by atoms with E-state index in [1.54, 1.807) is 0 Å². The van der Waals surface area contributed by atoms with E-state index in [9.17, 15) is 4.39 Å². The molecule has 3 saturated carbocycles. The Morgan fingerprint density at radius 1 is 0.560 bits per heavy atom. The highest BCUT2D eigenvalue weighted by atomic mass is 19.1. The summed E-state index contributed by atoms with van der Waals surface area (Å²) >= 11 is 0. The van der Waals surface area contributed by atoms with Crippen molar-refractivity contribution in [2.24, 2.45) is 35.5 Å². The zero-order chi connectivity index (χ0) is 17.5. The van der Waals surface area contributed by atoms with Crippen LogP contribution in [-0.2, 0) is 0 Å². The first-order valence-electron chi connectivity index (χ1n) is 11.9. The van der Waals surface area contributed by atoms with Crippen molar-refractivity contribution in [3.63, 3.8) is 0 Å². The number of hydrogen-bond acceptors (Lipinski definition) is 0. The number of hydrogen-bond donors (Lipinski definition) is 0. The van der Waals surface area contributed by atoms with Crippen molar-refractivity contribution in [3.05, 3.63) is 0 Å². The van der Waals surface area contributed by atoms with E-state index in [1.165, 1.54) is 103 Å². The topological polar surface area (TPSA) is 0 Å². The molecule has 0 unspecified atom stereocenters. The summed E-state index contributed by atoms with van der Waals surface area (Å²) in [5.74, 6) is 5.51. The van der Waals surface area contributed by atoms with Gasteiger partial charge in [0.15, 0.2) is 0 Å². The Hall–Kier alpha value is -0.0700. The monoisotopic (exact) mass is 350 g/mol. The third-order valence-electron chi connectivity index (χ3n) is 8.37. The molecule has 0 bridgehead atoms. The molecule has 0 atom stereocenters. The quantitative estimate of drug-likeness (QED) is 0.408. The predicted octanol–water partition coefficient (Wildman–Crippen LogP) is 7.96. The van der Waals surface area contributed by atoms with Crippen molar-refractivity contribution >= 4 is 0 Å². The highest BCUT2D eigenvalue weighted by molar-refractivity contribution is 4.85. The van der Waals surface area contributed by atoms with Crippen molar-refractivity contribution in [1.29, 1.82) is 0 Å². The largest absolute Gasteiger partial charge is 0.251 e. The predicted molar refractivity (Wildman–Crippen MR) is 106 cm³/mol. The Kier molecular flexibility index (Phi) is 8.12. The van der Waals surface area contributed by atoms with Gasteiger partial charge in [0.2, 0.25) is 0 Å². The van der Waals surface area contributed by atoms with Crippen molar-refractivity contribution in [2.75, 3.05) is 6.67 Å². The Labute approximate surface area is 156 Å². The average Bonchev–Trinajstić information content (AvgIpc) is 2.69. The van der Waals surface area contributed by atoms with E-state index < -0.39 is 0 Å². The highest BCUT2D eigenvalue weighted by Gasteiger charge is 2.34. The summed E-state index contributed by atoms with van der Waals surface area (Å²) in [4.78, 5) is 0. The minimum Gasteiger partial charge on any atom is -0.251 e. The third-order valence-corrected chi connectivity index (χ3v) is 8.37. The van der Waals surface area contributed by atoms with E-state index in [0.29, 0.717) is 5.92 Å². The number of halogens is 1. The molecule has 3 aliphatic rings. The van der Waals surface area contributed by atoms with E-state index in [1.807, 2.05) is 0 Å². The van der Waals surface area contributed by atoms with E-state index in [0.717, 1.165) is 29.6 Å². The van der Waals surface area contributed by atoms with Gasteiger partial charge in [-0.2, -0.15) is 0 Å². The molecule has 0 amide bonds. The average molecular weight is 351 g/mol. The lowest BCUT2D eigenvalue weighted by Crippen LogP contribution is -2.30. The molecule has 0 aromatic rings. The standard InChI is InChI=1S/C24H43F/c1-2-3-4-5-19-6-10-21(11-7-19)23-14-16-24(17-15-23)22-12-8-20(18-25)9-13-22/h19-24H,2-18H2,1H3. The number of rotatable bonds is 7. The molecule has 0 aromatic heterocycles. The Bertz CT molecular complexity index is 341. The minimum absolute atomic E-state index is 0.0689.